The van der Waals surface area contributed by atoms with Crippen LogP contribution in [0.5, 0.6) is 0 Å². The first kappa shape index (κ1) is 24.5. The van der Waals surface area contributed by atoms with Crippen molar-refractivity contribution >= 4 is 35.8 Å². The Morgan fingerprint density at radius 1 is 1.22 bits per heavy atom. The third-order valence-electron chi connectivity index (χ3n) is 5.75. The molecule has 2 aliphatic rings. The molecule has 1 saturated carbocycles. The standard InChI is InChI=1S/C20H39N5O.HI/c1-15(2)12-18(24(4)5)13-22-20(21-3)23-17-10-11-25(14-17)19(26)16-8-6-7-9-16;/h15-18H,6-14H2,1-5H3,(H2,21,22,23);1H. The summed E-state index contributed by atoms with van der Waals surface area (Å²) in [5.74, 6) is 2.17. The van der Waals surface area contributed by atoms with Crippen LogP contribution in [0.15, 0.2) is 4.99 Å². The number of nitrogens with zero attached hydrogens (tertiary/aromatic N) is 3. The van der Waals surface area contributed by atoms with Gasteiger partial charge in [0.1, 0.15) is 0 Å². The number of carbonyl (C=O) groups excluding carboxylic acids is 1. The number of amides is 1. The molecule has 1 amide bonds. The highest BCUT2D eigenvalue weighted by atomic mass is 127. The van der Waals surface area contributed by atoms with Crippen LogP contribution in [0.1, 0.15) is 52.4 Å². The van der Waals surface area contributed by atoms with Gasteiger partial charge in [-0.1, -0.05) is 26.7 Å². The first-order valence-electron chi connectivity index (χ1n) is 10.3. The van der Waals surface area contributed by atoms with E-state index < -0.39 is 0 Å². The number of likely N-dealkylation sites (tertiary alicyclic amines) is 1. The van der Waals surface area contributed by atoms with Crippen LogP contribution < -0.4 is 10.6 Å². The molecule has 1 heterocycles. The summed E-state index contributed by atoms with van der Waals surface area (Å²) in [6, 6.07) is 0.784. The van der Waals surface area contributed by atoms with Crippen LogP contribution in [-0.2, 0) is 4.79 Å². The molecule has 0 radical (unpaired) electrons. The first-order chi connectivity index (χ1) is 12.4. The van der Waals surface area contributed by atoms with Crippen molar-refractivity contribution in [3.05, 3.63) is 0 Å². The molecule has 158 valence electrons. The van der Waals surface area contributed by atoms with E-state index >= 15 is 0 Å². The van der Waals surface area contributed by atoms with Gasteiger partial charge in [0.05, 0.1) is 0 Å². The predicted octanol–water partition coefficient (Wildman–Crippen LogP) is 2.54. The van der Waals surface area contributed by atoms with Gasteiger partial charge in [0.2, 0.25) is 5.91 Å². The molecule has 27 heavy (non-hydrogen) atoms. The van der Waals surface area contributed by atoms with Gasteiger partial charge in [0, 0.05) is 44.7 Å². The van der Waals surface area contributed by atoms with E-state index in [0.29, 0.717) is 23.9 Å². The lowest BCUT2D eigenvalue weighted by atomic mass is 10.0. The minimum Gasteiger partial charge on any atom is -0.355 e. The van der Waals surface area contributed by atoms with Crippen LogP contribution in [0.4, 0.5) is 0 Å². The van der Waals surface area contributed by atoms with Crippen molar-refractivity contribution in [2.75, 3.05) is 40.8 Å². The largest absolute Gasteiger partial charge is 0.355 e. The maximum absolute atomic E-state index is 12.6. The lowest BCUT2D eigenvalue weighted by molar-refractivity contribution is -0.134. The van der Waals surface area contributed by atoms with E-state index in [1.54, 1.807) is 0 Å². The Balaban J connectivity index is 0.00000364. The Morgan fingerprint density at radius 3 is 2.44 bits per heavy atom. The van der Waals surface area contributed by atoms with Gasteiger partial charge < -0.3 is 20.4 Å². The lowest BCUT2D eigenvalue weighted by Gasteiger charge is -2.27. The number of nitrogens with one attached hydrogen (secondary N) is 2. The minimum absolute atomic E-state index is 0. The molecule has 1 saturated heterocycles. The van der Waals surface area contributed by atoms with Gasteiger partial charge >= 0.3 is 0 Å². The summed E-state index contributed by atoms with van der Waals surface area (Å²) in [5, 5.41) is 6.99. The zero-order valence-corrected chi connectivity index (χ0v) is 20.2. The molecule has 7 heteroatoms. The third kappa shape index (κ3) is 7.75. The van der Waals surface area contributed by atoms with E-state index in [0.717, 1.165) is 51.3 Å². The normalized spacial score (nSPS) is 22.3. The zero-order valence-electron chi connectivity index (χ0n) is 17.8. The predicted molar refractivity (Wildman–Crippen MR) is 124 cm³/mol. The fourth-order valence-electron chi connectivity index (χ4n) is 4.13. The van der Waals surface area contributed by atoms with Gasteiger partial charge in [-0.2, -0.15) is 0 Å². The highest BCUT2D eigenvalue weighted by Crippen LogP contribution is 2.27. The van der Waals surface area contributed by atoms with Gasteiger partial charge in [-0.25, -0.2) is 0 Å². The molecule has 0 spiro atoms. The second kappa shape index (κ2) is 12.1. The van der Waals surface area contributed by atoms with Crippen LogP contribution >= 0.6 is 24.0 Å². The Morgan fingerprint density at radius 2 is 1.89 bits per heavy atom. The topological polar surface area (TPSA) is 60.0 Å². The molecule has 0 aromatic carbocycles. The second-order valence-corrected chi connectivity index (χ2v) is 8.60. The number of likely N-dealkylation sites (N-methyl/N-ethyl adjacent to an activating group) is 1. The van der Waals surface area contributed by atoms with Gasteiger partial charge in [0.15, 0.2) is 5.96 Å². The fourth-order valence-corrected chi connectivity index (χ4v) is 4.13. The molecule has 1 aliphatic carbocycles. The molecule has 2 unspecified atom stereocenters. The van der Waals surface area contributed by atoms with Crippen LogP contribution in [0.3, 0.4) is 0 Å². The van der Waals surface area contributed by atoms with Crippen molar-refractivity contribution in [2.24, 2.45) is 16.8 Å². The van der Waals surface area contributed by atoms with Gasteiger partial charge in [-0.3, -0.25) is 9.79 Å². The Labute approximate surface area is 182 Å². The van der Waals surface area contributed by atoms with Crippen molar-refractivity contribution in [1.29, 1.82) is 0 Å². The molecule has 0 bridgehead atoms. The van der Waals surface area contributed by atoms with E-state index in [-0.39, 0.29) is 29.9 Å². The summed E-state index contributed by atoms with van der Waals surface area (Å²) >= 11 is 0. The van der Waals surface area contributed by atoms with Crippen molar-refractivity contribution in [1.82, 2.24) is 20.4 Å². The number of hydrogen-bond acceptors (Lipinski definition) is 3. The van der Waals surface area contributed by atoms with E-state index in [1.807, 2.05) is 7.05 Å². The highest BCUT2D eigenvalue weighted by Gasteiger charge is 2.32. The molecule has 2 atom stereocenters. The first-order valence-corrected chi connectivity index (χ1v) is 10.3. The summed E-state index contributed by atoms with van der Waals surface area (Å²) in [4.78, 5) is 21.3. The molecule has 2 N–H and O–H groups in total. The van der Waals surface area contributed by atoms with Gasteiger partial charge in [-0.15, -0.1) is 24.0 Å². The monoisotopic (exact) mass is 493 g/mol. The summed E-state index contributed by atoms with van der Waals surface area (Å²) in [6.07, 6.45) is 6.75. The summed E-state index contributed by atoms with van der Waals surface area (Å²) in [7, 11) is 6.08. The van der Waals surface area contributed by atoms with E-state index in [1.165, 1.54) is 12.8 Å². The van der Waals surface area contributed by atoms with Crippen molar-refractivity contribution in [3.63, 3.8) is 0 Å². The molecule has 1 aliphatic heterocycles. The van der Waals surface area contributed by atoms with Crippen LogP contribution in [0, 0.1) is 11.8 Å². The number of carbonyl (C=O) groups is 1. The molecule has 2 rings (SSSR count). The van der Waals surface area contributed by atoms with E-state index in [2.05, 4.69) is 53.4 Å². The average molecular weight is 493 g/mol. The van der Waals surface area contributed by atoms with Crippen molar-refractivity contribution < 1.29 is 4.79 Å². The number of guanidine groups is 1. The molecule has 0 aromatic rings. The van der Waals surface area contributed by atoms with Crippen LogP contribution in [-0.4, -0.2) is 74.5 Å². The molecule has 0 aromatic heterocycles. The van der Waals surface area contributed by atoms with Crippen LogP contribution in [0.25, 0.3) is 0 Å². The van der Waals surface area contributed by atoms with Gasteiger partial charge in [0.25, 0.3) is 0 Å². The number of rotatable bonds is 7. The summed E-state index contributed by atoms with van der Waals surface area (Å²) in [6.45, 7) is 7.08. The molecule has 2 fully saturated rings. The Hall–Kier alpha value is -0.570. The van der Waals surface area contributed by atoms with E-state index in [4.69, 9.17) is 0 Å². The zero-order chi connectivity index (χ0) is 19.1. The quantitative estimate of drug-likeness (QED) is 0.325. The second-order valence-electron chi connectivity index (χ2n) is 8.60. The Bertz CT molecular complexity index is 477. The smallest absolute Gasteiger partial charge is 0.225 e. The van der Waals surface area contributed by atoms with E-state index in [9.17, 15) is 4.79 Å². The van der Waals surface area contributed by atoms with Crippen LogP contribution in [0.2, 0.25) is 0 Å². The number of aliphatic imine (C=N–C) groups is 1. The number of hydrogen-bond donors (Lipinski definition) is 2. The summed E-state index contributed by atoms with van der Waals surface area (Å²) < 4.78 is 0. The maximum atomic E-state index is 12.6. The SMILES string of the molecule is CN=C(NCC(CC(C)C)N(C)C)NC1CCN(C(=O)C2CCCC2)C1.I. The Kier molecular flexibility index (Phi) is 11.0. The lowest BCUT2D eigenvalue weighted by Crippen LogP contribution is -2.49. The van der Waals surface area contributed by atoms with Crippen molar-refractivity contribution in [2.45, 2.75) is 64.5 Å². The van der Waals surface area contributed by atoms with Gasteiger partial charge in [-0.05, 0) is 45.7 Å². The maximum Gasteiger partial charge on any atom is 0.225 e. The summed E-state index contributed by atoms with van der Waals surface area (Å²) in [5.41, 5.74) is 0. The highest BCUT2D eigenvalue weighted by molar-refractivity contribution is 14.0. The molecular formula is C20H40IN5O. The molecular weight excluding hydrogens is 453 g/mol. The minimum atomic E-state index is 0. The third-order valence-corrected chi connectivity index (χ3v) is 5.75. The number of halogens is 1. The van der Waals surface area contributed by atoms with Crippen molar-refractivity contribution in [3.8, 4) is 0 Å². The average Bonchev–Trinajstić information content (AvgIpc) is 3.27. The molecule has 6 nitrogen and oxygen atoms in total. The fraction of sp³-hybridized carbons (Fsp3) is 0.900.